The van der Waals surface area contributed by atoms with Gasteiger partial charge in [-0.15, -0.1) is 0 Å². The molecule has 0 bridgehead atoms. The zero-order valence-electron chi connectivity index (χ0n) is 18.7. The molecule has 0 N–H and O–H groups in total. The van der Waals surface area contributed by atoms with Crippen LogP contribution in [0, 0.1) is 0 Å². The summed E-state index contributed by atoms with van der Waals surface area (Å²) in [6.07, 6.45) is 8.80. The number of unbranched alkanes of at least 4 members (excludes halogenated alkanes) is 3. The number of rotatable bonds is 7. The van der Waals surface area contributed by atoms with Gasteiger partial charge < -0.3 is 14.0 Å². The molecule has 162 valence electrons. The number of fused-ring (bicyclic) bond motifs is 5. The zero-order valence-corrected chi connectivity index (χ0v) is 18.7. The number of benzene rings is 2. The van der Waals surface area contributed by atoms with Crippen LogP contribution in [0.3, 0.4) is 0 Å². The van der Waals surface area contributed by atoms with E-state index in [9.17, 15) is 9.59 Å². The number of hydrogen-bond donors (Lipinski definition) is 0. The van der Waals surface area contributed by atoms with Gasteiger partial charge in [0.05, 0.1) is 18.0 Å². The molecule has 0 aliphatic carbocycles. The summed E-state index contributed by atoms with van der Waals surface area (Å²) in [6, 6.07) is 9.66. The number of carbonyl (C=O) groups excluding carboxylic acids is 2. The van der Waals surface area contributed by atoms with E-state index in [1.54, 1.807) is 12.1 Å². The smallest absolute Gasteiger partial charge is 0.379 e. The highest BCUT2D eigenvalue weighted by Gasteiger charge is 2.27. The van der Waals surface area contributed by atoms with Crippen LogP contribution in [0.2, 0.25) is 0 Å². The number of nitrogens with zero attached hydrogens (tertiary/aromatic N) is 1. The van der Waals surface area contributed by atoms with Crippen molar-refractivity contribution in [2.75, 3.05) is 7.11 Å². The number of methoxy groups -OCH3 is 1. The summed E-state index contributed by atoms with van der Waals surface area (Å²) in [5, 5.41) is 1.91. The van der Waals surface area contributed by atoms with Gasteiger partial charge in [-0.2, -0.15) is 0 Å². The van der Waals surface area contributed by atoms with Gasteiger partial charge >= 0.3 is 5.97 Å². The fourth-order valence-electron chi connectivity index (χ4n) is 4.29. The van der Waals surface area contributed by atoms with Crippen molar-refractivity contribution in [1.82, 2.24) is 4.57 Å². The van der Waals surface area contributed by atoms with Crippen molar-refractivity contribution in [3.05, 3.63) is 47.5 Å². The molecule has 1 aliphatic heterocycles. The monoisotopic (exact) mass is 419 g/mol. The molecular weight excluding hydrogens is 390 g/mol. The molecule has 5 heteroatoms. The maximum absolute atomic E-state index is 12.5. The molecule has 31 heavy (non-hydrogen) atoms. The average molecular weight is 420 g/mol. The van der Waals surface area contributed by atoms with Gasteiger partial charge in [0, 0.05) is 28.6 Å². The van der Waals surface area contributed by atoms with Crippen molar-refractivity contribution in [2.45, 2.75) is 58.6 Å². The third-order valence-corrected chi connectivity index (χ3v) is 5.91. The molecule has 0 atom stereocenters. The third-order valence-electron chi connectivity index (χ3n) is 5.91. The van der Waals surface area contributed by atoms with E-state index in [0.29, 0.717) is 5.56 Å². The van der Waals surface area contributed by atoms with Crippen LogP contribution >= 0.6 is 0 Å². The van der Waals surface area contributed by atoms with Crippen molar-refractivity contribution in [2.24, 2.45) is 0 Å². The number of Topliss-reactive ketones (excluding diaryl/α,β-unsaturated/α-hetero) is 1. The molecule has 3 aromatic rings. The maximum Gasteiger partial charge on any atom is 0.379 e. The number of aromatic nitrogens is 1. The molecule has 4 rings (SSSR count). The maximum atomic E-state index is 12.5. The molecule has 2 heterocycles. The first-order valence-corrected chi connectivity index (χ1v) is 11.0. The van der Waals surface area contributed by atoms with Gasteiger partial charge in [-0.05, 0) is 56.7 Å². The van der Waals surface area contributed by atoms with Crippen LogP contribution in [0.25, 0.3) is 27.9 Å². The molecule has 0 saturated heterocycles. The van der Waals surface area contributed by atoms with Gasteiger partial charge in [-0.3, -0.25) is 4.79 Å². The minimum Gasteiger partial charge on any atom is -0.482 e. The van der Waals surface area contributed by atoms with E-state index in [4.69, 9.17) is 4.74 Å². The summed E-state index contributed by atoms with van der Waals surface area (Å²) >= 11 is 0. The minimum absolute atomic E-state index is 0.326. The Labute approximate surface area is 182 Å². The normalized spacial score (nSPS) is 14.5. The standard InChI is InChI=1S/C26H29NO4/c1-5-6-7-8-15-27-20-11-10-18(23(28)25(29)30-4)16-19(20)22-21(27)12-9-17-13-14-26(2,3)31-24(17)22/h9-14,16H,5-8,15H2,1-4H3. The molecular formula is C26H29NO4. The summed E-state index contributed by atoms with van der Waals surface area (Å²) in [5.74, 6) is -0.672. The van der Waals surface area contributed by atoms with Crippen LogP contribution in [0.1, 0.15) is 62.4 Å². The largest absolute Gasteiger partial charge is 0.482 e. The lowest BCUT2D eigenvalue weighted by atomic mass is 9.99. The second kappa shape index (κ2) is 8.22. The Kier molecular flexibility index (Phi) is 5.61. The van der Waals surface area contributed by atoms with Crippen LogP contribution in [0.15, 0.2) is 36.4 Å². The Morgan fingerprint density at radius 3 is 2.58 bits per heavy atom. The number of ketones is 1. The Hall–Kier alpha value is -3.08. The molecule has 0 saturated carbocycles. The van der Waals surface area contributed by atoms with Crippen molar-refractivity contribution < 1.29 is 19.1 Å². The third kappa shape index (κ3) is 3.85. The van der Waals surface area contributed by atoms with Crippen LogP contribution in [-0.4, -0.2) is 29.0 Å². The predicted molar refractivity (Wildman–Crippen MR) is 124 cm³/mol. The molecule has 2 aromatic carbocycles. The van der Waals surface area contributed by atoms with E-state index < -0.39 is 17.4 Å². The molecule has 1 aromatic heterocycles. The molecule has 0 spiro atoms. The first-order valence-electron chi connectivity index (χ1n) is 11.0. The average Bonchev–Trinajstić information content (AvgIpc) is 3.08. The van der Waals surface area contributed by atoms with Crippen LogP contribution in [0.5, 0.6) is 5.75 Å². The summed E-state index contributed by atoms with van der Waals surface area (Å²) in [6.45, 7) is 7.16. The summed E-state index contributed by atoms with van der Waals surface area (Å²) in [4.78, 5) is 24.3. The van der Waals surface area contributed by atoms with Crippen molar-refractivity contribution in [3.63, 3.8) is 0 Å². The van der Waals surface area contributed by atoms with E-state index in [1.165, 1.54) is 26.4 Å². The number of ether oxygens (including phenoxy) is 2. The van der Waals surface area contributed by atoms with Crippen molar-refractivity contribution >= 4 is 39.6 Å². The fourth-order valence-corrected chi connectivity index (χ4v) is 4.29. The van der Waals surface area contributed by atoms with Gasteiger partial charge in [0.15, 0.2) is 0 Å². The highest BCUT2D eigenvalue weighted by Crippen LogP contribution is 2.42. The predicted octanol–water partition coefficient (Wildman–Crippen LogP) is 5.91. The molecule has 0 amide bonds. The second-order valence-corrected chi connectivity index (χ2v) is 8.68. The Bertz CT molecular complexity index is 1200. The molecule has 1 aliphatic rings. The first-order chi connectivity index (χ1) is 14.9. The minimum atomic E-state index is -0.856. The number of hydrogen-bond acceptors (Lipinski definition) is 4. The summed E-state index contributed by atoms with van der Waals surface area (Å²) in [5.41, 5.74) is 3.04. The molecule has 0 fully saturated rings. The zero-order chi connectivity index (χ0) is 22.2. The van der Waals surface area contributed by atoms with E-state index in [2.05, 4.69) is 40.5 Å². The molecule has 0 radical (unpaired) electrons. The Balaban J connectivity index is 1.94. The van der Waals surface area contributed by atoms with E-state index >= 15 is 0 Å². The Morgan fingerprint density at radius 2 is 1.84 bits per heavy atom. The highest BCUT2D eigenvalue weighted by atomic mass is 16.5. The van der Waals surface area contributed by atoms with Crippen molar-refractivity contribution in [1.29, 1.82) is 0 Å². The summed E-state index contributed by atoms with van der Waals surface area (Å²) < 4.78 is 13.3. The highest BCUT2D eigenvalue weighted by molar-refractivity contribution is 6.41. The van der Waals surface area contributed by atoms with E-state index in [-0.39, 0.29) is 0 Å². The lowest BCUT2D eigenvalue weighted by Crippen LogP contribution is -2.27. The van der Waals surface area contributed by atoms with Crippen LogP contribution < -0.4 is 4.74 Å². The van der Waals surface area contributed by atoms with Gasteiger partial charge in [0.25, 0.3) is 5.78 Å². The van der Waals surface area contributed by atoms with Gasteiger partial charge in [0.2, 0.25) is 0 Å². The second-order valence-electron chi connectivity index (χ2n) is 8.68. The number of aryl methyl sites for hydroxylation is 1. The topological polar surface area (TPSA) is 57.5 Å². The van der Waals surface area contributed by atoms with Gasteiger partial charge in [-0.1, -0.05) is 32.3 Å². The molecule has 0 unspecified atom stereocenters. The van der Waals surface area contributed by atoms with Gasteiger partial charge in [-0.25, -0.2) is 4.79 Å². The van der Waals surface area contributed by atoms with E-state index in [0.717, 1.165) is 46.1 Å². The number of carbonyl (C=O) groups is 2. The lowest BCUT2D eigenvalue weighted by Gasteiger charge is -2.28. The van der Waals surface area contributed by atoms with Crippen molar-refractivity contribution in [3.8, 4) is 5.75 Å². The van der Waals surface area contributed by atoms with Gasteiger partial charge in [0.1, 0.15) is 11.4 Å². The van der Waals surface area contributed by atoms with Crippen LogP contribution in [0.4, 0.5) is 0 Å². The quantitative estimate of drug-likeness (QED) is 0.207. The Morgan fingerprint density at radius 1 is 1.06 bits per heavy atom. The SMILES string of the molecule is CCCCCCn1c2ccc(C(=O)C(=O)OC)cc2c2c3c(ccc21)C=CC(C)(C)O3. The first kappa shape index (κ1) is 21.2. The van der Waals surface area contributed by atoms with Crippen LogP contribution in [-0.2, 0) is 16.1 Å². The molecule has 5 nitrogen and oxygen atoms in total. The summed E-state index contributed by atoms with van der Waals surface area (Å²) in [7, 11) is 1.22. The number of esters is 1. The fraction of sp³-hybridized carbons (Fsp3) is 0.385. The van der Waals surface area contributed by atoms with E-state index in [1.807, 2.05) is 19.9 Å². The lowest BCUT2D eigenvalue weighted by molar-refractivity contribution is -0.135.